The van der Waals surface area contributed by atoms with E-state index in [9.17, 15) is 4.79 Å². The molecule has 1 aromatic carbocycles. The number of carbonyl (C=O) groups excluding carboxylic acids is 1. The van der Waals surface area contributed by atoms with E-state index in [0.29, 0.717) is 18.2 Å². The SMILES string of the molecule is O=C1OCCC1N1CCN(CCOc2ccc(Cl)cc2)CC1. The molecule has 5 nitrogen and oxygen atoms in total. The van der Waals surface area contributed by atoms with E-state index in [2.05, 4.69) is 9.80 Å². The number of benzene rings is 1. The van der Waals surface area contributed by atoms with Crippen molar-refractivity contribution < 1.29 is 14.3 Å². The summed E-state index contributed by atoms with van der Waals surface area (Å²) in [6.07, 6.45) is 0.832. The molecule has 2 saturated heterocycles. The molecule has 3 rings (SSSR count). The quantitative estimate of drug-likeness (QED) is 0.770. The second-order valence-electron chi connectivity index (χ2n) is 5.65. The van der Waals surface area contributed by atoms with Crippen molar-refractivity contribution in [2.75, 3.05) is 45.9 Å². The number of hydrogen-bond donors (Lipinski definition) is 0. The van der Waals surface area contributed by atoms with Crippen molar-refractivity contribution in [3.8, 4) is 5.75 Å². The minimum absolute atomic E-state index is 0.0209. The largest absolute Gasteiger partial charge is 0.492 e. The van der Waals surface area contributed by atoms with Gasteiger partial charge < -0.3 is 9.47 Å². The Kier molecular flexibility index (Phi) is 5.18. The van der Waals surface area contributed by atoms with Crippen molar-refractivity contribution in [2.45, 2.75) is 12.5 Å². The number of nitrogens with zero attached hydrogens (tertiary/aromatic N) is 2. The van der Waals surface area contributed by atoms with E-state index in [1.165, 1.54) is 0 Å². The summed E-state index contributed by atoms with van der Waals surface area (Å²) in [5, 5.41) is 0.717. The minimum atomic E-state index is -0.0560. The van der Waals surface area contributed by atoms with Crippen LogP contribution in [0.1, 0.15) is 6.42 Å². The molecule has 120 valence electrons. The van der Waals surface area contributed by atoms with Crippen LogP contribution >= 0.6 is 11.6 Å². The molecule has 2 aliphatic heterocycles. The summed E-state index contributed by atoms with van der Waals surface area (Å²) >= 11 is 5.84. The van der Waals surface area contributed by atoms with E-state index in [4.69, 9.17) is 21.1 Å². The smallest absolute Gasteiger partial charge is 0.323 e. The summed E-state index contributed by atoms with van der Waals surface area (Å²) in [7, 11) is 0. The molecule has 0 bridgehead atoms. The second kappa shape index (κ2) is 7.31. The Hall–Kier alpha value is -1.30. The highest BCUT2D eigenvalue weighted by Gasteiger charge is 2.33. The van der Waals surface area contributed by atoms with Crippen LogP contribution in [0.25, 0.3) is 0 Å². The first-order chi connectivity index (χ1) is 10.7. The fourth-order valence-corrected chi connectivity index (χ4v) is 3.06. The van der Waals surface area contributed by atoms with Gasteiger partial charge in [0, 0.05) is 44.2 Å². The molecule has 0 N–H and O–H groups in total. The molecule has 1 unspecified atom stereocenters. The molecule has 0 aromatic heterocycles. The monoisotopic (exact) mass is 324 g/mol. The van der Waals surface area contributed by atoms with Gasteiger partial charge in [0.05, 0.1) is 6.61 Å². The maximum absolute atomic E-state index is 11.6. The summed E-state index contributed by atoms with van der Waals surface area (Å²) < 4.78 is 10.8. The Morgan fingerprint density at radius 3 is 2.55 bits per heavy atom. The molecule has 2 fully saturated rings. The number of cyclic esters (lactones) is 1. The van der Waals surface area contributed by atoms with E-state index in [0.717, 1.165) is 44.9 Å². The molecule has 0 amide bonds. The van der Waals surface area contributed by atoms with Crippen molar-refractivity contribution in [3.63, 3.8) is 0 Å². The third kappa shape index (κ3) is 3.91. The molecular formula is C16H21ClN2O3. The Labute approximate surface area is 135 Å². The van der Waals surface area contributed by atoms with Crippen LogP contribution in [-0.4, -0.2) is 67.7 Å². The lowest BCUT2D eigenvalue weighted by Crippen LogP contribution is -2.52. The van der Waals surface area contributed by atoms with Crippen LogP contribution in [0.2, 0.25) is 5.02 Å². The molecule has 2 aliphatic rings. The van der Waals surface area contributed by atoms with E-state index < -0.39 is 0 Å². The maximum Gasteiger partial charge on any atom is 0.323 e. The normalized spacial score (nSPS) is 23.5. The number of ether oxygens (including phenoxy) is 2. The van der Waals surface area contributed by atoms with Crippen LogP contribution in [0.3, 0.4) is 0 Å². The standard InChI is InChI=1S/C16H21ClN2O3/c17-13-1-3-14(4-2-13)21-12-10-18-6-8-19(9-7-18)15-5-11-22-16(15)20/h1-4,15H,5-12H2. The van der Waals surface area contributed by atoms with Gasteiger partial charge in [-0.2, -0.15) is 0 Å². The topological polar surface area (TPSA) is 42.0 Å². The molecule has 22 heavy (non-hydrogen) atoms. The molecule has 0 aliphatic carbocycles. The van der Waals surface area contributed by atoms with Gasteiger partial charge in [-0.25, -0.2) is 0 Å². The van der Waals surface area contributed by atoms with Gasteiger partial charge in [-0.15, -0.1) is 0 Å². The van der Waals surface area contributed by atoms with E-state index in [-0.39, 0.29) is 12.0 Å². The van der Waals surface area contributed by atoms with Crippen molar-refractivity contribution in [2.24, 2.45) is 0 Å². The summed E-state index contributed by atoms with van der Waals surface area (Å²) in [6.45, 7) is 5.89. The number of carbonyl (C=O) groups is 1. The van der Waals surface area contributed by atoms with Gasteiger partial charge in [0.2, 0.25) is 0 Å². The Morgan fingerprint density at radius 1 is 1.18 bits per heavy atom. The van der Waals surface area contributed by atoms with Gasteiger partial charge in [-0.05, 0) is 24.3 Å². The molecule has 1 aromatic rings. The third-order valence-electron chi connectivity index (χ3n) is 4.25. The van der Waals surface area contributed by atoms with Crippen LogP contribution in [0.4, 0.5) is 0 Å². The molecular weight excluding hydrogens is 304 g/mol. The molecule has 1 atom stereocenters. The number of hydrogen-bond acceptors (Lipinski definition) is 5. The van der Waals surface area contributed by atoms with Gasteiger partial charge in [0.1, 0.15) is 18.4 Å². The summed E-state index contributed by atoms with van der Waals surface area (Å²) in [5.41, 5.74) is 0. The van der Waals surface area contributed by atoms with E-state index >= 15 is 0 Å². The minimum Gasteiger partial charge on any atom is -0.492 e. The lowest BCUT2D eigenvalue weighted by Gasteiger charge is -2.36. The molecule has 0 saturated carbocycles. The first kappa shape index (κ1) is 15.6. The van der Waals surface area contributed by atoms with Gasteiger partial charge in [-0.3, -0.25) is 14.6 Å². The van der Waals surface area contributed by atoms with Crippen molar-refractivity contribution in [3.05, 3.63) is 29.3 Å². The highest BCUT2D eigenvalue weighted by molar-refractivity contribution is 6.30. The molecule has 0 radical (unpaired) electrons. The second-order valence-corrected chi connectivity index (χ2v) is 6.09. The van der Waals surface area contributed by atoms with Gasteiger partial charge in [0.25, 0.3) is 0 Å². The lowest BCUT2D eigenvalue weighted by molar-refractivity contribution is -0.142. The highest BCUT2D eigenvalue weighted by Crippen LogP contribution is 2.17. The van der Waals surface area contributed by atoms with Gasteiger partial charge >= 0.3 is 5.97 Å². The number of rotatable bonds is 5. The third-order valence-corrected chi connectivity index (χ3v) is 4.50. The number of esters is 1. The Bertz CT molecular complexity index is 501. The van der Waals surface area contributed by atoms with Crippen LogP contribution < -0.4 is 4.74 Å². The summed E-state index contributed by atoms with van der Waals surface area (Å²) in [4.78, 5) is 16.2. The predicted octanol–water partition coefficient (Wildman–Crippen LogP) is 1.65. The van der Waals surface area contributed by atoms with Crippen LogP contribution in [0, 0.1) is 0 Å². The fraction of sp³-hybridized carbons (Fsp3) is 0.562. The van der Waals surface area contributed by atoms with Crippen LogP contribution in [0.15, 0.2) is 24.3 Å². The van der Waals surface area contributed by atoms with Crippen LogP contribution in [0.5, 0.6) is 5.75 Å². The average molecular weight is 325 g/mol. The van der Waals surface area contributed by atoms with Crippen molar-refractivity contribution in [1.82, 2.24) is 9.80 Å². The van der Waals surface area contributed by atoms with Gasteiger partial charge in [-0.1, -0.05) is 11.6 Å². The molecule has 6 heteroatoms. The van der Waals surface area contributed by atoms with Crippen molar-refractivity contribution in [1.29, 1.82) is 0 Å². The fourth-order valence-electron chi connectivity index (χ4n) is 2.94. The Morgan fingerprint density at radius 2 is 1.91 bits per heavy atom. The first-order valence-electron chi connectivity index (χ1n) is 7.74. The first-order valence-corrected chi connectivity index (χ1v) is 8.11. The van der Waals surface area contributed by atoms with E-state index in [1.807, 2.05) is 24.3 Å². The zero-order valence-electron chi connectivity index (χ0n) is 12.5. The maximum atomic E-state index is 11.6. The number of halogens is 1. The summed E-state index contributed by atoms with van der Waals surface area (Å²) in [5.74, 6) is 0.788. The number of piperazine rings is 1. The lowest BCUT2D eigenvalue weighted by atomic mass is 10.2. The highest BCUT2D eigenvalue weighted by atomic mass is 35.5. The van der Waals surface area contributed by atoms with Crippen molar-refractivity contribution >= 4 is 17.6 Å². The van der Waals surface area contributed by atoms with Crippen LogP contribution in [-0.2, 0) is 9.53 Å². The molecule has 2 heterocycles. The summed E-state index contributed by atoms with van der Waals surface area (Å²) in [6, 6.07) is 7.40. The van der Waals surface area contributed by atoms with Gasteiger partial charge in [0.15, 0.2) is 0 Å². The zero-order chi connectivity index (χ0) is 15.4. The average Bonchev–Trinajstić information content (AvgIpc) is 2.96. The Balaban J connectivity index is 1.37. The predicted molar refractivity (Wildman–Crippen MR) is 84.3 cm³/mol. The van der Waals surface area contributed by atoms with E-state index in [1.54, 1.807) is 0 Å². The molecule has 0 spiro atoms. The zero-order valence-corrected chi connectivity index (χ0v) is 13.3.